The van der Waals surface area contributed by atoms with E-state index in [4.69, 9.17) is 11.5 Å². The third kappa shape index (κ3) is 5.72. The van der Waals surface area contributed by atoms with E-state index in [1.165, 1.54) is 7.11 Å². The van der Waals surface area contributed by atoms with E-state index in [1.54, 1.807) is 0 Å². The average molecular weight is 134 g/mol. The first kappa shape index (κ1) is 8.84. The third-order valence-corrected chi connectivity index (χ3v) is 0.913. The Labute approximate surface area is 55.0 Å². The van der Waals surface area contributed by atoms with Crippen LogP contribution >= 0.6 is 0 Å². The lowest BCUT2D eigenvalue weighted by Crippen LogP contribution is -2.24. The van der Waals surface area contributed by atoms with E-state index in [2.05, 4.69) is 9.78 Å². The molecule has 4 heteroatoms. The smallest absolute Gasteiger partial charge is 0.141 e. The molecule has 0 aliphatic rings. The maximum absolute atomic E-state index is 5.37. The van der Waals surface area contributed by atoms with Crippen LogP contribution in [0.25, 0.3) is 0 Å². The van der Waals surface area contributed by atoms with E-state index in [0.717, 1.165) is 12.8 Å². The fraction of sp³-hybridized carbons (Fsp3) is 1.00. The van der Waals surface area contributed by atoms with Gasteiger partial charge in [0, 0.05) is 0 Å². The first-order valence-corrected chi connectivity index (χ1v) is 2.96. The molecule has 0 saturated carbocycles. The van der Waals surface area contributed by atoms with Gasteiger partial charge in [-0.15, -0.1) is 0 Å². The first-order chi connectivity index (χ1) is 4.31. The summed E-state index contributed by atoms with van der Waals surface area (Å²) >= 11 is 0. The van der Waals surface area contributed by atoms with Crippen molar-refractivity contribution in [2.24, 2.45) is 11.5 Å². The van der Waals surface area contributed by atoms with E-state index in [1.807, 2.05) is 0 Å². The van der Waals surface area contributed by atoms with Gasteiger partial charge in [0.05, 0.1) is 7.11 Å². The van der Waals surface area contributed by atoms with Crippen molar-refractivity contribution < 1.29 is 9.78 Å². The molecule has 9 heavy (non-hydrogen) atoms. The Kier molecular flexibility index (Phi) is 5.86. The monoisotopic (exact) mass is 134 g/mol. The molecule has 0 aliphatic carbocycles. The van der Waals surface area contributed by atoms with Gasteiger partial charge in [0.1, 0.15) is 6.23 Å². The second kappa shape index (κ2) is 5.97. The highest BCUT2D eigenvalue weighted by molar-refractivity contribution is 4.46. The van der Waals surface area contributed by atoms with Crippen LogP contribution in [0, 0.1) is 0 Å². The molecule has 0 radical (unpaired) electrons. The van der Waals surface area contributed by atoms with Crippen molar-refractivity contribution in [2.75, 3.05) is 13.7 Å². The molecule has 0 fully saturated rings. The fourth-order valence-electron chi connectivity index (χ4n) is 0.491. The molecule has 0 spiro atoms. The summed E-state index contributed by atoms with van der Waals surface area (Å²) in [7, 11) is 1.43. The molecule has 0 aromatic rings. The minimum Gasteiger partial charge on any atom is -0.330 e. The maximum atomic E-state index is 5.37. The minimum atomic E-state index is -0.335. The van der Waals surface area contributed by atoms with Gasteiger partial charge >= 0.3 is 0 Å². The SMILES string of the molecule is COOC(N)CCCN. The molecule has 56 valence electrons. The standard InChI is InChI=1S/C5H14N2O2/c1-8-9-5(7)3-2-4-6/h5H,2-4,6-7H2,1H3. The zero-order chi connectivity index (χ0) is 7.11. The molecule has 1 unspecified atom stereocenters. The Balaban J connectivity index is 2.95. The van der Waals surface area contributed by atoms with Crippen LogP contribution in [0.1, 0.15) is 12.8 Å². The summed E-state index contributed by atoms with van der Waals surface area (Å²) in [5, 5.41) is 0. The van der Waals surface area contributed by atoms with E-state index in [9.17, 15) is 0 Å². The molecule has 0 heterocycles. The molecule has 0 aromatic heterocycles. The van der Waals surface area contributed by atoms with Crippen LogP contribution in [0.4, 0.5) is 0 Å². The number of hydrogen-bond donors (Lipinski definition) is 2. The second-order valence-electron chi connectivity index (χ2n) is 1.73. The van der Waals surface area contributed by atoms with Crippen LogP contribution in [-0.2, 0) is 9.78 Å². The molecule has 0 aliphatic heterocycles. The van der Waals surface area contributed by atoms with Crippen molar-refractivity contribution in [2.45, 2.75) is 19.1 Å². The molecular formula is C5H14N2O2. The molecule has 0 aromatic carbocycles. The van der Waals surface area contributed by atoms with Gasteiger partial charge in [0.15, 0.2) is 0 Å². The Morgan fingerprint density at radius 2 is 2.22 bits per heavy atom. The summed E-state index contributed by atoms with van der Waals surface area (Å²) in [6.45, 7) is 0.640. The topological polar surface area (TPSA) is 70.5 Å². The molecule has 1 atom stereocenters. The van der Waals surface area contributed by atoms with Gasteiger partial charge in [-0.2, -0.15) is 0 Å². The Hall–Kier alpha value is -0.160. The Morgan fingerprint density at radius 3 is 2.67 bits per heavy atom. The van der Waals surface area contributed by atoms with Crippen molar-refractivity contribution in [3.8, 4) is 0 Å². The zero-order valence-corrected chi connectivity index (χ0v) is 5.67. The summed E-state index contributed by atoms with van der Waals surface area (Å²) in [6.07, 6.45) is 1.27. The van der Waals surface area contributed by atoms with E-state index in [-0.39, 0.29) is 6.23 Å². The molecule has 0 saturated heterocycles. The van der Waals surface area contributed by atoms with Crippen molar-refractivity contribution >= 4 is 0 Å². The largest absolute Gasteiger partial charge is 0.330 e. The predicted molar refractivity (Wildman–Crippen MR) is 34.4 cm³/mol. The number of nitrogens with two attached hydrogens (primary N) is 2. The summed E-state index contributed by atoms with van der Waals surface area (Å²) in [5.74, 6) is 0. The number of hydrogen-bond acceptors (Lipinski definition) is 4. The molecule has 4 N–H and O–H groups in total. The highest BCUT2D eigenvalue weighted by Crippen LogP contribution is 1.93. The fourth-order valence-corrected chi connectivity index (χ4v) is 0.491. The van der Waals surface area contributed by atoms with Gasteiger partial charge in [-0.25, -0.2) is 9.78 Å². The van der Waals surface area contributed by atoms with Crippen molar-refractivity contribution in [1.82, 2.24) is 0 Å². The summed E-state index contributed by atoms with van der Waals surface area (Å²) < 4.78 is 0. The minimum absolute atomic E-state index is 0.335. The van der Waals surface area contributed by atoms with Crippen LogP contribution in [0.3, 0.4) is 0 Å². The molecule has 0 rings (SSSR count). The van der Waals surface area contributed by atoms with E-state index < -0.39 is 0 Å². The third-order valence-electron chi connectivity index (χ3n) is 0.913. The predicted octanol–water partition coefficient (Wildman–Crippen LogP) is -0.412. The van der Waals surface area contributed by atoms with E-state index >= 15 is 0 Å². The average Bonchev–Trinajstić information content (AvgIpc) is 1.85. The van der Waals surface area contributed by atoms with Crippen LogP contribution in [0.15, 0.2) is 0 Å². The Morgan fingerprint density at radius 1 is 1.56 bits per heavy atom. The lowest BCUT2D eigenvalue weighted by atomic mass is 10.3. The van der Waals surface area contributed by atoms with Gasteiger partial charge < -0.3 is 11.5 Å². The highest BCUT2D eigenvalue weighted by Gasteiger charge is 1.99. The summed E-state index contributed by atoms with van der Waals surface area (Å²) in [5.41, 5.74) is 10.6. The highest BCUT2D eigenvalue weighted by atomic mass is 17.2. The van der Waals surface area contributed by atoms with Gasteiger partial charge in [-0.3, -0.25) is 0 Å². The van der Waals surface area contributed by atoms with E-state index in [0.29, 0.717) is 6.54 Å². The second-order valence-corrected chi connectivity index (χ2v) is 1.73. The van der Waals surface area contributed by atoms with Crippen molar-refractivity contribution in [1.29, 1.82) is 0 Å². The Bertz CT molecular complexity index is 60.9. The summed E-state index contributed by atoms with van der Waals surface area (Å²) in [4.78, 5) is 8.90. The van der Waals surface area contributed by atoms with Crippen LogP contribution < -0.4 is 11.5 Å². The summed E-state index contributed by atoms with van der Waals surface area (Å²) in [6, 6.07) is 0. The van der Waals surface area contributed by atoms with Crippen LogP contribution in [0.5, 0.6) is 0 Å². The molecule has 0 amide bonds. The molecule has 0 bridgehead atoms. The van der Waals surface area contributed by atoms with Gasteiger partial charge in [-0.1, -0.05) is 0 Å². The molecular weight excluding hydrogens is 120 g/mol. The quantitative estimate of drug-likeness (QED) is 0.304. The van der Waals surface area contributed by atoms with Gasteiger partial charge in [-0.05, 0) is 19.4 Å². The van der Waals surface area contributed by atoms with Crippen molar-refractivity contribution in [3.63, 3.8) is 0 Å². The van der Waals surface area contributed by atoms with Gasteiger partial charge in [0.2, 0.25) is 0 Å². The zero-order valence-electron chi connectivity index (χ0n) is 5.67. The molecule has 4 nitrogen and oxygen atoms in total. The lowest BCUT2D eigenvalue weighted by Gasteiger charge is -2.07. The van der Waals surface area contributed by atoms with Crippen LogP contribution in [0.2, 0.25) is 0 Å². The normalized spacial score (nSPS) is 13.7. The first-order valence-electron chi connectivity index (χ1n) is 2.96. The van der Waals surface area contributed by atoms with Gasteiger partial charge in [0.25, 0.3) is 0 Å². The van der Waals surface area contributed by atoms with Crippen molar-refractivity contribution in [3.05, 3.63) is 0 Å². The lowest BCUT2D eigenvalue weighted by molar-refractivity contribution is -0.304. The maximum Gasteiger partial charge on any atom is 0.141 e. The number of rotatable bonds is 5. The van der Waals surface area contributed by atoms with Crippen LogP contribution in [-0.4, -0.2) is 19.9 Å².